The first-order chi connectivity index (χ1) is 12.7. The summed E-state index contributed by atoms with van der Waals surface area (Å²) in [4.78, 5) is 25.6. The Hall–Kier alpha value is -1.00. The zero-order valence-electron chi connectivity index (χ0n) is 14.4. The second kappa shape index (κ2) is 7.11. The molecule has 3 aliphatic rings. The fourth-order valence-corrected chi connectivity index (χ4v) is 7.80. The van der Waals surface area contributed by atoms with E-state index in [2.05, 4.69) is 26.6 Å². The number of alkyl halides is 1. The molecule has 27 heavy (non-hydrogen) atoms. The quantitative estimate of drug-likeness (QED) is 0.669. The average Bonchev–Trinajstić information content (AvgIpc) is 2.78. The molecule has 1 aromatic rings. The lowest BCUT2D eigenvalue weighted by molar-refractivity contribution is -0.125. The molecule has 10 heteroatoms. The summed E-state index contributed by atoms with van der Waals surface area (Å²) in [5.41, 5.74) is 0. The first kappa shape index (κ1) is 19.3. The van der Waals surface area contributed by atoms with Crippen molar-refractivity contribution in [1.82, 2.24) is 10.6 Å². The Bertz CT molecular complexity index is 874. The molecule has 0 spiro atoms. The van der Waals surface area contributed by atoms with Crippen LogP contribution >= 0.6 is 27.3 Å². The summed E-state index contributed by atoms with van der Waals surface area (Å²) in [5.74, 6) is -1.43. The van der Waals surface area contributed by atoms with Crippen LogP contribution in [0.5, 0.6) is 0 Å². The minimum absolute atomic E-state index is 0.0864. The molecule has 1 saturated heterocycles. The van der Waals surface area contributed by atoms with Gasteiger partial charge in [-0.25, -0.2) is 12.8 Å². The molecule has 2 aliphatic carbocycles. The third-order valence-corrected chi connectivity index (χ3v) is 9.07. The summed E-state index contributed by atoms with van der Waals surface area (Å²) in [6.45, 7) is 0. The van der Waals surface area contributed by atoms with Gasteiger partial charge in [0.1, 0.15) is 6.17 Å². The summed E-state index contributed by atoms with van der Waals surface area (Å²) >= 11 is 4.78. The van der Waals surface area contributed by atoms with E-state index in [1.54, 1.807) is 0 Å². The summed E-state index contributed by atoms with van der Waals surface area (Å²) in [6.07, 6.45) is 0.445. The molecule has 1 aliphatic heterocycles. The van der Waals surface area contributed by atoms with Gasteiger partial charge in [-0.05, 0) is 46.8 Å². The Labute approximate surface area is 169 Å². The summed E-state index contributed by atoms with van der Waals surface area (Å²) in [5, 5.41) is 5.52. The van der Waals surface area contributed by atoms with Crippen LogP contribution in [0.3, 0.4) is 0 Å². The number of sulfone groups is 1. The highest BCUT2D eigenvalue weighted by atomic mass is 79.9. The Morgan fingerprint density at radius 2 is 1.89 bits per heavy atom. The second-order valence-corrected chi connectivity index (χ2v) is 12.3. The van der Waals surface area contributed by atoms with Gasteiger partial charge in [-0.3, -0.25) is 9.59 Å². The Morgan fingerprint density at radius 1 is 1.19 bits per heavy atom. The standard InChI is InChI=1S/C17H20BrFN2O4S2/c18-13-4-1-8(26-13)5-14(22)20-11-6-27(24,25)7-12(11)21-17(23)16-9-2-3-10(19)15(9)16/h1,4,9-12,15-16H,2-3,5-7H2,(H,20,22)(H,21,23). The van der Waals surface area contributed by atoms with Crippen LogP contribution in [0.15, 0.2) is 15.9 Å². The van der Waals surface area contributed by atoms with E-state index in [4.69, 9.17) is 0 Å². The molecule has 2 amide bonds. The molecule has 6 atom stereocenters. The predicted molar refractivity (Wildman–Crippen MR) is 103 cm³/mol. The third kappa shape index (κ3) is 4.07. The van der Waals surface area contributed by atoms with Gasteiger partial charge in [0.2, 0.25) is 11.8 Å². The van der Waals surface area contributed by atoms with Crippen LogP contribution < -0.4 is 10.6 Å². The van der Waals surface area contributed by atoms with Crippen molar-refractivity contribution in [3.63, 3.8) is 0 Å². The monoisotopic (exact) mass is 478 g/mol. The van der Waals surface area contributed by atoms with Crippen LogP contribution in [0.25, 0.3) is 0 Å². The predicted octanol–water partition coefficient (Wildman–Crippen LogP) is 1.45. The highest BCUT2D eigenvalue weighted by Gasteiger charge is 2.62. The molecule has 0 aromatic carbocycles. The number of halogens is 2. The molecule has 3 fully saturated rings. The Morgan fingerprint density at radius 3 is 2.48 bits per heavy atom. The lowest BCUT2D eigenvalue weighted by Crippen LogP contribution is -2.51. The molecule has 148 valence electrons. The maximum atomic E-state index is 13.7. The van der Waals surface area contributed by atoms with Gasteiger partial charge in [0, 0.05) is 16.7 Å². The van der Waals surface area contributed by atoms with E-state index in [9.17, 15) is 22.4 Å². The van der Waals surface area contributed by atoms with Crippen molar-refractivity contribution in [3.05, 3.63) is 20.8 Å². The molecule has 0 bridgehead atoms. The number of amides is 2. The number of nitrogens with one attached hydrogen (secondary N) is 2. The van der Waals surface area contributed by atoms with Gasteiger partial charge in [-0.15, -0.1) is 11.3 Å². The zero-order chi connectivity index (χ0) is 19.3. The van der Waals surface area contributed by atoms with E-state index in [0.717, 1.165) is 8.66 Å². The molecule has 6 unspecified atom stereocenters. The van der Waals surface area contributed by atoms with Crippen LogP contribution in [-0.4, -0.2) is 50.0 Å². The minimum atomic E-state index is -3.35. The lowest BCUT2D eigenvalue weighted by Gasteiger charge is -2.21. The van der Waals surface area contributed by atoms with Crippen LogP contribution in [0.2, 0.25) is 0 Å². The Kier molecular flexibility index (Phi) is 5.09. The van der Waals surface area contributed by atoms with Crippen molar-refractivity contribution < 1.29 is 22.4 Å². The van der Waals surface area contributed by atoms with Crippen LogP contribution in [0.1, 0.15) is 17.7 Å². The molecule has 1 aromatic heterocycles. The molecule has 2 N–H and O–H groups in total. The minimum Gasteiger partial charge on any atom is -0.350 e. The van der Waals surface area contributed by atoms with E-state index >= 15 is 0 Å². The maximum absolute atomic E-state index is 13.7. The van der Waals surface area contributed by atoms with Crippen molar-refractivity contribution in [2.75, 3.05) is 11.5 Å². The van der Waals surface area contributed by atoms with Crippen molar-refractivity contribution in [2.24, 2.45) is 17.8 Å². The highest BCUT2D eigenvalue weighted by Crippen LogP contribution is 2.58. The number of rotatable bonds is 5. The van der Waals surface area contributed by atoms with Gasteiger partial charge >= 0.3 is 0 Å². The molecule has 6 nitrogen and oxygen atoms in total. The van der Waals surface area contributed by atoms with E-state index in [0.29, 0.717) is 12.8 Å². The van der Waals surface area contributed by atoms with E-state index < -0.39 is 28.1 Å². The van der Waals surface area contributed by atoms with Gasteiger partial charge in [-0.2, -0.15) is 0 Å². The van der Waals surface area contributed by atoms with E-state index in [1.165, 1.54) is 11.3 Å². The fourth-order valence-electron chi connectivity index (χ4n) is 4.45. The topological polar surface area (TPSA) is 92.3 Å². The van der Waals surface area contributed by atoms with Crippen molar-refractivity contribution in [3.8, 4) is 0 Å². The summed E-state index contributed by atoms with van der Waals surface area (Å²) in [6, 6.07) is 2.36. The van der Waals surface area contributed by atoms with Crippen molar-refractivity contribution >= 4 is 48.9 Å². The largest absolute Gasteiger partial charge is 0.350 e. The number of hydrogen-bond acceptors (Lipinski definition) is 5. The molecular formula is C17H20BrFN2O4S2. The first-order valence-corrected chi connectivity index (χ1v) is 12.3. The van der Waals surface area contributed by atoms with Crippen LogP contribution in [-0.2, 0) is 25.8 Å². The number of hydrogen-bond donors (Lipinski definition) is 2. The smallest absolute Gasteiger partial charge is 0.225 e. The number of carbonyl (C=O) groups excluding carboxylic acids is 2. The van der Waals surface area contributed by atoms with E-state index in [-0.39, 0.29) is 47.5 Å². The highest BCUT2D eigenvalue weighted by molar-refractivity contribution is 9.11. The molecule has 4 rings (SSSR count). The normalized spacial score (nSPS) is 36.2. The summed E-state index contributed by atoms with van der Waals surface area (Å²) < 4.78 is 38.7. The third-order valence-electron chi connectivity index (χ3n) is 5.72. The van der Waals surface area contributed by atoms with Crippen LogP contribution in [0.4, 0.5) is 4.39 Å². The van der Waals surface area contributed by atoms with E-state index in [1.807, 2.05) is 12.1 Å². The van der Waals surface area contributed by atoms with Gasteiger partial charge < -0.3 is 10.6 Å². The first-order valence-electron chi connectivity index (χ1n) is 8.92. The fraction of sp³-hybridized carbons (Fsp3) is 0.647. The Balaban J connectivity index is 1.37. The average molecular weight is 479 g/mol. The molecule has 2 heterocycles. The number of fused-ring (bicyclic) bond motifs is 1. The van der Waals surface area contributed by atoms with Gasteiger partial charge in [0.25, 0.3) is 0 Å². The van der Waals surface area contributed by atoms with Crippen molar-refractivity contribution in [1.29, 1.82) is 0 Å². The molecule has 2 saturated carbocycles. The van der Waals surface area contributed by atoms with Crippen LogP contribution in [0, 0.1) is 17.8 Å². The zero-order valence-corrected chi connectivity index (χ0v) is 17.6. The van der Waals surface area contributed by atoms with Crippen molar-refractivity contribution in [2.45, 2.75) is 37.5 Å². The summed E-state index contributed by atoms with van der Waals surface area (Å²) in [7, 11) is -3.35. The second-order valence-electron chi connectivity index (χ2n) is 7.61. The molecular weight excluding hydrogens is 459 g/mol. The lowest BCUT2D eigenvalue weighted by atomic mass is 10.1. The maximum Gasteiger partial charge on any atom is 0.225 e. The van der Waals surface area contributed by atoms with Gasteiger partial charge in [0.05, 0.1) is 33.8 Å². The number of carbonyl (C=O) groups is 2. The SMILES string of the molecule is O=C(Cc1ccc(Br)s1)NC1CS(=O)(=O)CC1NC(=O)C1C2CCC(F)C21. The van der Waals surface area contributed by atoms with Gasteiger partial charge in [-0.1, -0.05) is 0 Å². The molecule has 0 radical (unpaired) electrons. The van der Waals surface area contributed by atoms with Gasteiger partial charge in [0.15, 0.2) is 9.84 Å². The number of thiophene rings is 1.